The highest BCUT2D eigenvalue weighted by molar-refractivity contribution is 5.98. The van der Waals surface area contributed by atoms with Gasteiger partial charge in [0, 0.05) is 12.2 Å². The summed E-state index contributed by atoms with van der Waals surface area (Å²) in [4.78, 5) is 25.6. The number of carbonyl (C=O) groups excluding carboxylic acids is 2. The molecule has 1 atom stereocenters. The maximum absolute atomic E-state index is 12.5. The minimum atomic E-state index is -0.762. The molecular formula is C16H24N2O4. The number of nitrogens with one attached hydrogen (secondary N) is 1. The van der Waals surface area contributed by atoms with Gasteiger partial charge in [0.05, 0.1) is 6.61 Å². The lowest BCUT2D eigenvalue weighted by molar-refractivity contribution is -0.120. The molecule has 1 aromatic rings. The Kier molecular flexibility index (Phi) is 6.37. The Bertz CT molecular complexity index is 497. The first-order valence-electron chi connectivity index (χ1n) is 7.21. The average molecular weight is 308 g/mol. The van der Waals surface area contributed by atoms with Gasteiger partial charge >= 0.3 is 6.09 Å². The Morgan fingerprint density at radius 1 is 1.27 bits per heavy atom. The predicted octanol–water partition coefficient (Wildman–Crippen LogP) is 1.93. The second-order valence-electron chi connectivity index (χ2n) is 5.92. The van der Waals surface area contributed by atoms with Crippen LogP contribution in [-0.2, 0) is 9.53 Å². The Balaban J connectivity index is 2.75. The topological polar surface area (TPSA) is 78.9 Å². The van der Waals surface area contributed by atoms with E-state index in [0.717, 1.165) is 0 Å². The molecule has 0 bridgehead atoms. The van der Waals surface area contributed by atoms with Crippen LogP contribution in [0.25, 0.3) is 0 Å². The van der Waals surface area contributed by atoms with Gasteiger partial charge in [-0.05, 0) is 39.8 Å². The molecule has 1 aromatic carbocycles. The molecule has 0 saturated heterocycles. The number of para-hydroxylation sites is 1. The minimum Gasteiger partial charge on any atom is -0.444 e. The van der Waals surface area contributed by atoms with Crippen LogP contribution in [0.1, 0.15) is 27.7 Å². The van der Waals surface area contributed by atoms with Crippen LogP contribution in [-0.4, -0.2) is 41.9 Å². The lowest BCUT2D eigenvalue weighted by atomic mass is 10.2. The second-order valence-corrected chi connectivity index (χ2v) is 5.92. The van der Waals surface area contributed by atoms with E-state index in [1.807, 2.05) is 6.07 Å². The van der Waals surface area contributed by atoms with E-state index in [0.29, 0.717) is 5.69 Å². The normalized spacial score (nSPS) is 12.4. The Hall–Kier alpha value is -2.08. The number of alkyl carbamates (subject to hydrolysis) is 1. The molecule has 0 fully saturated rings. The smallest absolute Gasteiger partial charge is 0.408 e. The van der Waals surface area contributed by atoms with Crippen LogP contribution in [0.2, 0.25) is 0 Å². The van der Waals surface area contributed by atoms with Gasteiger partial charge < -0.3 is 20.1 Å². The molecule has 2 N–H and O–H groups in total. The van der Waals surface area contributed by atoms with Crippen LogP contribution < -0.4 is 10.2 Å². The van der Waals surface area contributed by atoms with Gasteiger partial charge in [0.1, 0.15) is 11.6 Å². The Labute approximate surface area is 131 Å². The zero-order chi connectivity index (χ0) is 16.8. The Morgan fingerprint density at radius 2 is 1.86 bits per heavy atom. The van der Waals surface area contributed by atoms with E-state index < -0.39 is 17.7 Å². The predicted molar refractivity (Wildman–Crippen MR) is 84.7 cm³/mol. The van der Waals surface area contributed by atoms with Crippen LogP contribution in [0.15, 0.2) is 30.3 Å². The molecule has 22 heavy (non-hydrogen) atoms. The molecule has 0 saturated carbocycles. The standard InChI is InChI=1S/C16H24N2O4/c1-12(17-15(21)22-16(2,3)4)14(20)18(10-11-19)13-8-6-5-7-9-13/h5-9,12,19H,10-11H2,1-4H3,(H,17,21)/t12-/m0/s1. The monoisotopic (exact) mass is 308 g/mol. The van der Waals surface area contributed by atoms with Crippen molar-refractivity contribution in [2.24, 2.45) is 0 Å². The van der Waals surface area contributed by atoms with E-state index in [-0.39, 0.29) is 19.1 Å². The van der Waals surface area contributed by atoms with Gasteiger partial charge in [0.15, 0.2) is 0 Å². The lowest BCUT2D eigenvalue weighted by Gasteiger charge is -2.26. The van der Waals surface area contributed by atoms with E-state index >= 15 is 0 Å². The number of ether oxygens (including phenoxy) is 1. The summed E-state index contributed by atoms with van der Waals surface area (Å²) in [6, 6.07) is 8.23. The van der Waals surface area contributed by atoms with Crippen molar-refractivity contribution in [3.05, 3.63) is 30.3 Å². The van der Waals surface area contributed by atoms with Crippen molar-refractivity contribution in [1.29, 1.82) is 0 Å². The fraction of sp³-hybridized carbons (Fsp3) is 0.500. The van der Waals surface area contributed by atoms with E-state index in [1.165, 1.54) is 4.90 Å². The summed E-state index contributed by atoms with van der Waals surface area (Å²) in [6.45, 7) is 6.83. The first-order chi connectivity index (χ1) is 10.2. The second kappa shape index (κ2) is 7.79. The first-order valence-corrected chi connectivity index (χ1v) is 7.21. The molecule has 0 aliphatic carbocycles. The maximum atomic E-state index is 12.5. The highest BCUT2D eigenvalue weighted by Gasteiger charge is 2.25. The number of carbonyl (C=O) groups is 2. The van der Waals surface area contributed by atoms with Crippen LogP contribution in [0, 0.1) is 0 Å². The third-order valence-electron chi connectivity index (χ3n) is 2.76. The van der Waals surface area contributed by atoms with Gasteiger partial charge in [-0.25, -0.2) is 4.79 Å². The zero-order valence-corrected chi connectivity index (χ0v) is 13.5. The van der Waals surface area contributed by atoms with E-state index in [2.05, 4.69) is 5.32 Å². The van der Waals surface area contributed by atoms with Crippen molar-refractivity contribution in [1.82, 2.24) is 5.32 Å². The number of aliphatic hydroxyl groups is 1. The van der Waals surface area contributed by atoms with Crippen LogP contribution >= 0.6 is 0 Å². The summed E-state index contributed by atoms with van der Waals surface area (Å²) in [7, 11) is 0. The van der Waals surface area contributed by atoms with Gasteiger partial charge in [-0.3, -0.25) is 4.79 Å². The van der Waals surface area contributed by atoms with Crippen molar-refractivity contribution < 1.29 is 19.4 Å². The van der Waals surface area contributed by atoms with Crippen LogP contribution in [0.3, 0.4) is 0 Å². The molecule has 2 amide bonds. The number of hydrogen-bond acceptors (Lipinski definition) is 4. The summed E-state index contributed by atoms with van der Waals surface area (Å²) in [5, 5.41) is 11.7. The van der Waals surface area contributed by atoms with E-state index in [1.54, 1.807) is 52.0 Å². The van der Waals surface area contributed by atoms with Crippen molar-refractivity contribution in [2.75, 3.05) is 18.1 Å². The van der Waals surface area contributed by atoms with Gasteiger partial charge in [-0.2, -0.15) is 0 Å². The zero-order valence-electron chi connectivity index (χ0n) is 13.5. The number of rotatable bonds is 5. The van der Waals surface area contributed by atoms with Crippen molar-refractivity contribution >= 4 is 17.7 Å². The van der Waals surface area contributed by atoms with Crippen molar-refractivity contribution in [2.45, 2.75) is 39.3 Å². The molecule has 0 aliphatic rings. The number of benzene rings is 1. The summed E-state index contributed by atoms with van der Waals surface area (Å²) in [5.74, 6) is -0.314. The number of amides is 2. The van der Waals surface area contributed by atoms with Gasteiger partial charge in [-0.1, -0.05) is 18.2 Å². The molecule has 0 aliphatic heterocycles. The first kappa shape index (κ1) is 18.0. The average Bonchev–Trinajstić information content (AvgIpc) is 2.42. The van der Waals surface area contributed by atoms with Crippen molar-refractivity contribution in [3.63, 3.8) is 0 Å². The molecule has 0 heterocycles. The molecule has 6 nitrogen and oxygen atoms in total. The number of anilines is 1. The van der Waals surface area contributed by atoms with Crippen LogP contribution in [0.5, 0.6) is 0 Å². The SMILES string of the molecule is C[C@H](NC(=O)OC(C)(C)C)C(=O)N(CCO)c1ccccc1. The molecular weight excluding hydrogens is 284 g/mol. The van der Waals surface area contributed by atoms with Gasteiger partial charge in [0.2, 0.25) is 5.91 Å². The fourth-order valence-electron chi connectivity index (χ4n) is 1.85. The van der Waals surface area contributed by atoms with E-state index in [4.69, 9.17) is 9.84 Å². The third kappa shape index (κ3) is 5.73. The fourth-order valence-corrected chi connectivity index (χ4v) is 1.85. The largest absolute Gasteiger partial charge is 0.444 e. The molecule has 0 aromatic heterocycles. The summed E-state index contributed by atoms with van der Waals surface area (Å²) >= 11 is 0. The summed E-state index contributed by atoms with van der Waals surface area (Å²) < 4.78 is 5.13. The highest BCUT2D eigenvalue weighted by atomic mass is 16.6. The quantitative estimate of drug-likeness (QED) is 0.871. The van der Waals surface area contributed by atoms with Gasteiger partial charge in [-0.15, -0.1) is 0 Å². The molecule has 122 valence electrons. The number of nitrogens with zero attached hydrogens (tertiary/aromatic N) is 1. The van der Waals surface area contributed by atoms with Crippen LogP contribution in [0.4, 0.5) is 10.5 Å². The molecule has 1 rings (SSSR count). The molecule has 0 unspecified atom stereocenters. The minimum absolute atomic E-state index is 0.156. The molecule has 0 radical (unpaired) electrons. The summed E-state index contributed by atoms with van der Waals surface area (Å²) in [6.07, 6.45) is -0.648. The highest BCUT2D eigenvalue weighted by Crippen LogP contribution is 2.14. The lowest BCUT2D eigenvalue weighted by Crippen LogP contribution is -2.49. The van der Waals surface area contributed by atoms with Crippen molar-refractivity contribution in [3.8, 4) is 0 Å². The number of hydrogen-bond donors (Lipinski definition) is 2. The molecule has 6 heteroatoms. The third-order valence-corrected chi connectivity index (χ3v) is 2.76. The van der Waals surface area contributed by atoms with E-state index in [9.17, 15) is 9.59 Å². The van der Waals surface area contributed by atoms with Gasteiger partial charge in [0.25, 0.3) is 0 Å². The maximum Gasteiger partial charge on any atom is 0.408 e. The Morgan fingerprint density at radius 3 is 2.36 bits per heavy atom. The molecule has 0 spiro atoms. The summed E-state index contributed by atoms with van der Waals surface area (Å²) in [5.41, 5.74) is 0.0382. The number of aliphatic hydroxyl groups excluding tert-OH is 1.